The lowest BCUT2D eigenvalue weighted by Crippen LogP contribution is -1.86. The molecule has 96 valence electrons. The van der Waals surface area contributed by atoms with E-state index in [-0.39, 0.29) is 11.5 Å². The predicted octanol–water partition coefficient (Wildman–Crippen LogP) is 3.46. The van der Waals surface area contributed by atoms with Crippen molar-refractivity contribution in [1.82, 2.24) is 0 Å². The Bertz CT molecular complexity index is 638. The Morgan fingerprint density at radius 2 is 1.89 bits per heavy atom. The third-order valence-corrected chi connectivity index (χ3v) is 2.47. The second-order valence-corrected chi connectivity index (χ2v) is 3.95. The summed E-state index contributed by atoms with van der Waals surface area (Å²) < 4.78 is 5.51. The number of hydrogen-bond donors (Lipinski definition) is 0. The van der Waals surface area contributed by atoms with Crippen LogP contribution in [-0.4, -0.2) is 10.7 Å². The molecular weight excluding hydrogens is 246 g/mol. The van der Waals surface area contributed by atoms with Gasteiger partial charge in [0, 0.05) is 17.7 Å². The molecule has 0 aliphatic heterocycles. The molecule has 0 fully saturated rings. The van der Waals surface area contributed by atoms with Gasteiger partial charge in [-0.2, -0.15) is 0 Å². The summed E-state index contributed by atoms with van der Waals surface area (Å²) in [5.74, 6) is 1.09. The van der Waals surface area contributed by atoms with Gasteiger partial charge in [-0.3, -0.25) is 14.9 Å². The zero-order chi connectivity index (χ0) is 13.8. The molecule has 2 rings (SSSR count). The highest BCUT2D eigenvalue weighted by Gasteiger charge is 2.07. The molecule has 1 heterocycles. The van der Waals surface area contributed by atoms with Crippen molar-refractivity contribution in [2.45, 2.75) is 6.92 Å². The van der Waals surface area contributed by atoms with Crippen LogP contribution in [0.5, 0.6) is 0 Å². The van der Waals surface area contributed by atoms with E-state index in [1.165, 1.54) is 25.1 Å². The number of non-ortho nitro benzene ring substituents is 1. The number of hydrogen-bond acceptors (Lipinski definition) is 4. The summed E-state index contributed by atoms with van der Waals surface area (Å²) in [4.78, 5) is 20.9. The van der Waals surface area contributed by atoms with Crippen LogP contribution in [0.15, 0.2) is 46.9 Å². The van der Waals surface area contributed by atoms with E-state index in [0.717, 1.165) is 5.56 Å². The first-order valence-electron chi connectivity index (χ1n) is 5.59. The standard InChI is InChI=1S/C14H11NO4/c1-10(16)2-7-13-8-9-14(19-13)11-3-5-12(6-4-11)15(17)18/h2-9H,1H3. The van der Waals surface area contributed by atoms with Gasteiger partial charge in [-0.1, -0.05) is 0 Å². The summed E-state index contributed by atoms with van der Waals surface area (Å²) in [6.45, 7) is 1.46. The Kier molecular flexibility index (Phi) is 3.56. The van der Waals surface area contributed by atoms with Crippen molar-refractivity contribution in [2.24, 2.45) is 0 Å². The topological polar surface area (TPSA) is 73.3 Å². The number of furan rings is 1. The molecule has 0 atom stereocenters. The second kappa shape index (κ2) is 5.30. The van der Waals surface area contributed by atoms with Gasteiger partial charge in [-0.05, 0) is 43.3 Å². The number of ketones is 1. The minimum Gasteiger partial charge on any atom is -0.457 e. The van der Waals surface area contributed by atoms with Crippen LogP contribution in [0.4, 0.5) is 5.69 Å². The highest BCUT2D eigenvalue weighted by Crippen LogP contribution is 2.24. The number of rotatable bonds is 4. The summed E-state index contributed by atoms with van der Waals surface area (Å²) in [7, 11) is 0. The van der Waals surface area contributed by atoms with E-state index in [9.17, 15) is 14.9 Å². The summed E-state index contributed by atoms with van der Waals surface area (Å²) in [5.41, 5.74) is 0.778. The molecule has 0 unspecified atom stereocenters. The number of allylic oxidation sites excluding steroid dienone is 1. The van der Waals surface area contributed by atoms with E-state index < -0.39 is 4.92 Å². The number of benzene rings is 1. The maximum atomic E-state index is 10.8. The summed E-state index contributed by atoms with van der Waals surface area (Å²) in [6.07, 6.45) is 3.00. The monoisotopic (exact) mass is 257 g/mol. The van der Waals surface area contributed by atoms with E-state index >= 15 is 0 Å². The van der Waals surface area contributed by atoms with Gasteiger partial charge in [0.1, 0.15) is 11.5 Å². The Morgan fingerprint density at radius 3 is 2.47 bits per heavy atom. The lowest BCUT2D eigenvalue weighted by atomic mass is 10.1. The van der Waals surface area contributed by atoms with E-state index in [2.05, 4.69) is 0 Å². The van der Waals surface area contributed by atoms with Crippen molar-refractivity contribution in [3.8, 4) is 11.3 Å². The molecule has 2 aromatic rings. The summed E-state index contributed by atoms with van der Waals surface area (Å²) in [5, 5.41) is 10.5. The predicted molar refractivity (Wildman–Crippen MR) is 70.5 cm³/mol. The molecule has 0 aliphatic rings. The molecule has 0 N–H and O–H groups in total. The van der Waals surface area contributed by atoms with Gasteiger partial charge in [0.05, 0.1) is 4.92 Å². The number of carbonyl (C=O) groups is 1. The van der Waals surface area contributed by atoms with Gasteiger partial charge < -0.3 is 4.42 Å². The van der Waals surface area contributed by atoms with Gasteiger partial charge in [0.15, 0.2) is 5.78 Å². The molecule has 0 bridgehead atoms. The van der Waals surface area contributed by atoms with Crippen molar-refractivity contribution in [3.05, 3.63) is 58.3 Å². The maximum absolute atomic E-state index is 10.8. The van der Waals surface area contributed by atoms with Crippen LogP contribution in [0.25, 0.3) is 17.4 Å². The molecule has 0 saturated carbocycles. The van der Waals surface area contributed by atoms with Gasteiger partial charge in [-0.25, -0.2) is 0 Å². The Labute approximate surface area is 109 Å². The molecule has 0 amide bonds. The summed E-state index contributed by atoms with van der Waals surface area (Å²) >= 11 is 0. The fourth-order valence-electron chi connectivity index (χ4n) is 1.54. The van der Waals surface area contributed by atoms with Gasteiger partial charge >= 0.3 is 0 Å². The molecule has 19 heavy (non-hydrogen) atoms. The van der Waals surface area contributed by atoms with Crippen LogP contribution in [0.1, 0.15) is 12.7 Å². The van der Waals surface area contributed by atoms with Crippen LogP contribution in [0.3, 0.4) is 0 Å². The van der Waals surface area contributed by atoms with Gasteiger partial charge in [-0.15, -0.1) is 0 Å². The maximum Gasteiger partial charge on any atom is 0.269 e. The molecule has 0 radical (unpaired) electrons. The fraction of sp³-hybridized carbons (Fsp3) is 0.0714. The minimum atomic E-state index is -0.451. The van der Waals surface area contributed by atoms with Crippen LogP contribution in [0, 0.1) is 10.1 Å². The van der Waals surface area contributed by atoms with E-state index in [1.807, 2.05) is 0 Å². The molecular formula is C14H11NO4. The van der Waals surface area contributed by atoms with Crippen LogP contribution in [-0.2, 0) is 4.79 Å². The zero-order valence-electron chi connectivity index (χ0n) is 10.2. The molecule has 1 aromatic heterocycles. The van der Waals surface area contributed by atoms with E-state index in [1.54, 1.807) is 30.3 Å². The van der Waals surface area contributed by atoms with Crippen molar-refractivity contribution >= 4 is 17.5 Å². The normalized spacial score (nSPS) is 10.8. The summed E-state index contributed by atoms with van der Waals surface area (Å²) in [6, 6.07) is 9.56. The SMILES string of the molecule is CC(=O)C=Cc1ccc(-c2ccc([N+](=O)[O-])cc2)o1. The number of carbonyl (C=O) groups excluding carboxylic acids is 1. The van der Waals surface area contributed by atoms with Crippen molar-refractivity contribution < 1.29 is 14.1 Å². The first kappa shape index (κ1) is 12.8. The molecule has 0 saturated heterocycles. The minimum absolute atomic E-state index is 0.0343. The number of nitro benzene ring substituents is 1. The zero-order valence-corrected chi connectivity index (χ0v) is 10.2. The van der Waals surface area contributed by atoms with Crippen LogP contribution < -0.4 is 0 Å². The van der Waals surface area contributed by atoms with Crippen molar-refractivity contribution in [3.63, 3.8) is 0 Å². The molecule has 5 heteroatoms. The molecule has 0 spiro atoms. The highest BCUT2D eigenvalue weighted by molar-refractivity contribution is 5.91. The Hall–Kier alpha value is -2.69. The third-order valence-electron chi connectivity index (χ3n) is 2.47. The second-order valence-electron chi connectivity index (χ2n) is 3.95. The largest absolute Gasteiger partial charge is 0.457 e. The van der Waals surface area contributed by atoms with E-state index in [0.29, 0.717) is 11.5 Å². The van der Waals surface area contributed by atoms with Crippen molar-refractivity contribution in [2.75, 3.05) is 0 Å². The van der Waals surface area contributed by atoms with Crippen LogP contribution in [0.2, 0.25) is 0 Å². The van der Waals surface area contributed by atoms with Gasteiger partial charge in [0.2, 0.25) is 0 Å². The first-order chi connectivity index (χ1) is 9.06. The molecule has 1 aromatic carbocycles. The van der Waals surface area contributed by atoms with Crippen molar-refractivity contribution in [1.29, 1.82) is 0 Å². The van der Waals surface area contributed by atoms with E-state index in [4.69, 9.17) is 4.42 Å². The average Bonchev–Trinajstić information content (AvgIpc) is 2.85. The lowest BCUT2D eigenvalue weighted by Gasteiger charge is -1.96. The molecule has 0 aliphatic carbocycles. The Morgan fingerprint density at radius 1 is 1.21 bits per heavy atom. The number of nitrogens with zero attached hydrogens (tertiary/aromatic N) is 1. The first-order valence-corrected chi connectivity index (χ1v) is 5.59. The highest BCUT2D eigenvalue weighted by atomic mass is 16.6. The lowest BCUT2D eigenvalue weighted by molar-refractivity contribution is -0.384. The third kappa shape index (κ3) is 3.16. The number of nitro groups is 1. The average molecular weight is 257 g/mol. The molecule has 5 nitrogen and oxygen atoms in total. The fourth-order valence-corrected chi connectivity index (χ4v) is 1.54. The smallest absolute Gasteiger partial charge is 0.269 e. The quantitative estimate of drug-likeness (QED) is 0.477. The van der Waals surface area contributed by atoms with Gasteiger partial charge in [0.25, 0.3) is 5.69 Å². The van der Waals surface area contributed by atoms with Crippen LogP contribution >= 0.6 is 0 Å². The Balaban J connectivity index is 2.23.